The largest absolute Gasteiger partial charge is 0.346 e. The van der Waals surface area contributed by atoms with E-state index in [1.807, 2.05) is 4.90 Å². The van der Waals surface area contributed by atoms with Crippen LogP contribution in [0.25, 0.3) is 21.5 Å². The van der Waals surface area contributed by atoms with Gasteiger partial charge in [0, 0.05) is 63.3 Å². The number of thiophene rings is 1. The average molecular weight is 616 g/mol. The van der Waals surface area contributed by atoms with Crippen molar-refractivity contribution in [3.8, 4) is 11.3 Å². The maximum Gasteiger partial charge on any atom is 0.236 e. The molecule has 4 saturated heterocycles. The number of piperazine rings is 1. The zero-order valence-corrected chi connectivity index (χ0v) is 27.9. The Bertz CT molecular complexity index is 1500. The lowest BCUT2D eigenvalue weighted by Crippen LogP contribution is -2.50. The van der Waals surface area contributed by atoms with Crippen LogP contribution < -0.4 is 0 Å². The second kappa shape index (κ2) is 11.9. The number of aryl methyl sites for hydroxylation is 2. The van der Waals surface area contributed by atoms with Gasteiger partial charge in [-0.2, -0.15) is 0 Å². The molecule has 2 amide bonds. The Kier molecular flexibility index (Phi) is 8.13. The number of carbonyl (C=O) groups excluding carboxylic acids is 2. The lowest BCUT2D eigenvalue weighted by molar-refractivity contribution is -0.137. The highest BCUT2D eigenvalue weighted by molar-refractivity contribution is 7.17. The smallest absolute Gasteiger partial charge is 0.236 e. The number of hydrogen-bond acceptors (Lipinski definition) is 5. The number of nitrogens with zero attached hydrogens (tertiary/aromatic N) is 4. The van der Waals surface area contributed by atoms with Crippen LogP contribution in [0.1, 0.15) is 74.6 Å². The van der Waals surface area contributed by atoms with Crippen LogP contribution in [-0.2, 0) is 21.4 Å². The van der Waals surface area contributed by atoms with E-state index in [4.69, 9.17) is 0 Å². The molecule has 44 heavy (non-hydrogen) atoms. The van der Waals surface area contributed by atoms with Crippen molar-refractivity contribution in [1.29, 1.82) is 0 Å². The maximum absolute atomic E-state index is 14.2. The molecule has 6 heterocycles. The van der Waals surface area contributed by atoms with Gasteiger partial charge in [-0.15, -0.1) is 11.3 Å². The molecule has 4 aliphatic rings. The molecule has 1 N–H and O–H groups in total. The Labute approximate surface area is 266 Å². The Balaban J connectivity index is 1.14. The molecule has 0 radical (unpaired) electrons. The van der Waals surface area contributed by atoms with Crippen LogP contribution in [0.5, 0.6) is 0 Å². The number of rotatable bonds is 8. The highest BCUT2D eigenvalue weighted by Crippen LogP contribution is 2.45. The van der Waals surface area contributed by atoms with Crippen molar-refractivity contribution in [3.63, 3.8) is 0 Å². The van der Waals surface area contributed by atoms with Crippen molar-refractivity contribution < 1.29 is 9.59 Å². The van der Waals surface area contributed by atoms with Gasteiger partial charge in [-0.05, 0) is 107 Å². The van der Waals surface area contributed by atoms with E-state index < -0.39 is 5.41 Å². The van der Waals surface area contributed by atoms with Crippen LogP contribution >= 0.6 is 11.3 Å². The number of benzene rings is 1. The number of carbonyl (C=O) groups is 2. The minimum Gasteiger partial charge on any atom is -0.346 e. The molecule has 4 aliphatic heterocycles. The molecule has 8 heteroatoms. The van der Waals surface area contributed by atoms with E-state index in [0.717, 1.165) is 90.8 Å². The fourth-order valence-corrected chi connectivity index (χ4v) is 9.68. The summed E-state index contributed by atoms with van der Waals surface area (Å²) in [5.41, 5.74) is 6.93. The molecule has 2 bridgehead atoms. The molecule has 0 atom stereocenters. The molecule has 7 rings (SSSR count). The maximum atomic E-state index is 14.2. The summed E-state index contributed by atoms with van der Waals surface area (Å²) in [4.78, 5) is 41.2. The van der Waals surface area contributed by atoms with Crippen molar-refractivity contribution in [2.75, 3.05) is 52.4 Å². The first-order valence-corrected chi connectivity index (χ1v) is 17.8. The van der Waals surface area contributed by atoms with Crippen LogP contribution in [0.4, 0.5) is 0 Å². The van der Waals surface area contributed by atoms with Crippen molar-refractivity contribution in [2.24, 2.45) is 0 Å². The van der Waals surface area contributed by atoms with Gasteiger partial charge in [0.1, 0.15) is 4.83 Å². The van der Waals surface area contributed by atoms with Gasteiger partial charge >= 0.3 is 0 Å². The molecule has 236 valence electrons. The van der Waals surface area contributed by atoms with Gasteiger partial charge in [0.05, 0.1) is 17.7 Å². The van der Waals surface area contributed by atoms with Gasteiger partial charge in [0.15, 0.2) is 0 Å². The van der Waals surface area contributed by atoms with E-state index in [2.05, 4.69) is 71.0 Å². The van der Waals surface area contributed by atoms with E-state index in [1.165, 1.54) is 43.7 Å². The number of amides is 2. The summed E-state index contributed by atoms with van der Waals surface area (Å²) < 4.78 is 0. The lowest BCUT2D eigenvalue weighted by Gasteiger charge is -2.35. The number of H-pyrrole nitrogens is 1. The van der Waals surface area contributed by atoms with E-state index in [0.29, 0.717) is 30.4 Å². The third-order valence-corrected chi connectivity index (χ3v) is 11.9. The molecule has 7 nitrogen and oxygen atoms in total. The first-order chi connectivity index (χ1) is 21.2. The summed E-state index contributed by atoms with van der Waals surface area (Å²) in [6.45, 7) is 15.9. The van der Waals surface area contributed by atoms with Crippen molar-refractivity contribution in [3.05, 3.63) is 45.8 Å². The molecule has 1 aromatic carbocycles. The Morgan fingerprint density at radius 1 is 0.886 bits per heavy atom. The van der Waals surface area contributed by atoms with Gasteiger partial charge in [0.2, 0.25) is 11.8 Å². The van der Waals surface area contributed by atoms with Crippen LogP contribution in [0, 0.1) is 13.8 Å². The predicted octanol–water partition coefficient (Wildman–Crippen LogP) is 5.73. The second-order valence-corrected chi connectivity index (χ2v) is 15.3. The minimum atomic E-state index is -0.576. The summed E-state index contributed by atoms with van der Waals surface area (Å²) in [6, 6.07) is 7.68. The van der Waals surface area contributed by atoms with Crippen LogP contribution in [0.2, 0.25) is 0 Å². The fourth-order valence-electron chi connectivity index (χ4n) is 8.52. The number of aromatic nitrogens is 1. The van der Waals surface area contributed by atoms with Gasteiger partial charge in [0.25, 0.3) is 0 Å². The van der Waals surface area contributed by atoms with Crippen LogP contribution in [0.3, 0.4) is 0 Å². The van der Waals surface area contributed by atoms with Gasteiger partial charge < -0.3 is 19.7 Å². The summed E-state index contributed by atoms with van der Waals surface area (Å²) >= 11 is 1.75. The topological polar surface area (TPSA) is 62.9 Å². The highest BCUT2D eigenvalue weighted by Gasteiger charge is 2.47. The molecule has 0 unspecified atom stereocenters. The Morgan fingerprint density at radius 2 is 1.50 bits per heavy atom. The number of likely N-dealkylation sites (tertiary alicyclic amines) is 1. The molecule has 0 spiro atoms. The average Bonchev–Trinajstić information content (AvgIpc) is 3.83. The summed E-state index contributed by atoms with van der Waals surface area (Å²) in [7, 11) is 0. The predicted molar refractivity (Wildman–Crippen MR) is 179 cm³/mol. The highest BCUT2D eigenvalue weighted by atomic mass is 32.1. The number of fused-ring (bicyclic) bond motifs is 3. The molecule has 0 aliphatic carbocycles. The molecule has 4 fully saturated rings. The second-order valence-electron chi connectivity index (χ2n) is 14.5. The quantitative estimate of drug-likeness (QED) is 0.352. The molecular weight excluding hydrogens is 566 g/mol. The molecule has 2 aromatic heterocycles. The van der Waals surface area contributed by atoms with Gasteiger partial charge in [-0.1, -0.05) is 17.2 Å². The fraction of sp³-hybridized carbons (Fsp3) is 0.611. The Morgan fingerprint density at radius 3 is 2.14 bits per heavy atom. The van der Waals surface area contributed by atoms with Gasteiger partial charge in [-0.25, -0.2) is 0 Å². The molecule has 3 aromatic rings. The summed E-state index contributed by atoms with van der Waals surface area (Å²) in [6.07, 6.45) is 7.88. The molecular formula is C36H49N5O2S. The summed E-state index contributed by atoms with van der Waals surface area (Å²) in [5, 5.41) is 3.52. The standard InChI is InChI=1S/C36H49N5O2S/c1-24-19-25(2)21-26(20-24)33-29(11-14-38-15-17-39(18-16-38)22-31(42)40-12-5-6-13-40)32-30(23-44-34(32)37-33)36(3,4)35(43)41-27-7-8-28(41)10-9-27/h19-21,23,27-28,37H,5-18,22H2,1-4H3. The minimum absolute atomic E-state index is 0.299. The lowest BCUT2D eigenvalue weighted by atomic mass is 9.82. The van der Waals surface area contributed by atoms with Crippen molar-refractivity contribution >= 4 is 33.4 Å². The number of nitrogens with one attached hydrogen (secondary N) is 1. The molecule has 0 saturated carbocycles. The third kappa shape index (κ3) is 5.51. The monoisotopic (exact) mass is 615 g/mol. The first kappa shape index (κ1) is 30.0. The SMILES string of the molecule is Cc1cc(C)cc(-c2[nH]c3scc(C(C)(C)C(=O)N4C5CCC4CC5)c3c2CCN2CCN(CC(=O)N3CCCC3)CC2)c1. The van der Waals surface area contributed by atoms with Gasteiger partial charge in [-0.3, -0.25) is 14.5 Å². The summed E-state index contributed by atoms with van der Waals surface area (Å²) in [5.74, 6) is 0.606. The first-order valence-electron chi connectivity index (χ1n) is 17.0. The van der Waals surface area contributed by atoms with E-state index in [-0.39, 0.29) is 0 Å². The Hall–Kier alpha value is -2.68. The van der Waals surface area contributed by atoms with Crippen LogP contribution in [-0.4, -0.2) is 101 Å². The third-order valence-electron chi connectivity index (χ3n) is 11.0. The van der Waals surface area contributed by atoms with E-state index in [1.54, 1.807) is 11.3 Å². The van der Waals surface area contributed by atoms with Crippen molar-refractivity contribution in [2.45, 2.75) is 90.1 Å². The zero-order chi connectivity index (χ0) is 30.6. The number of hydrogen-bond donors (Lipinski definition) is 1. The number of aromatic amines is 1. The van der Waals surface area contributed by atoms with Crippen LogP contribution in [0.15, 0.2) is 23.6 Å². The van der Waals surface area contributed by atoms with E-state index >= 15 is 0 Å². The van der Waals surface area contributed by atoms with Crippen molar-refractivity contribution in [1.82, 2.24) is 24.6 Å². The normalized spacial score (nSPS) is 23.0. The zero-order valence-electron chi connectivity index (χ0n) is 27.1. The van der Waals surface area contributed by atoms with E-state index in [9.17, 15) is 9.59 Å².